The summed E-state index contributed by atoms with van der Waals surface area (Å²) in [6.45, 7) is 3.52. The molecule has 1 amide bonds. The van der Waals surface area contributed by atoms with E-state index in [1.807, 2.05) is 0 Å². The molecular weight excluding hydrogens is 410 g/mol. The zero-order valence-corrected chi connectivity index (χ0v) is 18.2. The first-order valence-electron chi connectivity index (χ1n) is 9.79. The number of aromatic carboxylic acids is 1. The van der Waals surface area contributed by atoms with Crippen molar-refractivity contribution >= 4 is 22.8 Å². The molecule has 3 rings (SSSR count). The first kappa shape index (κ1) is 22.5. The molecule has 0 fully saturated rings. The lowest BCUT2D eigenvalue weighted by Crippen LogP contribution is -2.31. The molecule has 1 atom stereocenters. The van der Waals surface area contributed by atoms with Crippen LogP contribution in [0.3, 0.4) is 0 Å². The van der Waals surface area contributed by atoms with Gasteiger partial charge in [-0.2, -0.15) is 15.6 Å². The van der Waals surface area contributed by atoms with Crippen molar-refractivity contribution in [1.82, 2.24) is 20.0 Å². The predicted octanol–water partition coefficient (Wildman–Crippen LogP) is 1.95. The Balaban J connectivity index is 2.27. The first-order valence-corrected chi connectivity index (χ1v) is 9.79. The highest BCUT2D eigenvalue weighted by molar-refractivity contribution is 6.01. The zero-order valence-electron chi connectivity index (χ0n) is 18.2. The Bertz CT molecular complexity index is 1230. The highest BCUT2D eigenvalue weighted by Gasteiger charge is 2.31. The number of allylic oxidation sites excluding steroid dienone is 4. The number of aromatic nitrogens is 2. The minimum atomic E-state index is -1.23. The molecule has 0 bridgehead atoms. The Labute approximate surface area is 184 Å². The monoisotopic (exact) mass is 433 g/mol. The zero-order chi connectivity index (χ0) is 23.7. The van der Waals surface area contributed by atoms with E-state index in [1.165, 1.54) is 4.68 Å². The van der Waals surface area contributed by atoms with Gasteiger partial charge in [-0.15, -0.1) is 0 Å². The smallest absolute Gasteiger partial charge is 0.357 e. The molecule has 0 spiro atoms. The molecule has 1 aromatic carbocycles. The number of dihydropyridines is 1. The molecule has 0 radical (unpaired) electrons. The first-order chi connectivity index (χ1) is 15.1. The highest BCUT2D eigenvalue weighted by Crippen LogP contribution is 2.39. The summed E-state index contributed by atoms with van der Waals surface area (Å²) in [5.74, 6) is -2.41. The SMILES string of the molecule is CC1=C(C#N)C(c2ccc3c(c2)c(C(=O)O)nn3C(CC(N)=O)N(C)C)C(C#N)=C(C)N1. The second kappa shape index (κ2) is 8.53. The lowest BCUT2D eigenvalue weighted by Gasteiger charge is -2.26. The maximum Gasteiger partial charge on any atom is 0.357 e. The molecule has 1 unspecified atom stereocenters. The standard InChI is InChI=1S/C22H23N7O3/c1-11-15(9-23)20(16(10-24)12(2)26-11)13-5-6-17-14(7-13)21(22(31)32)27-29(17)19(28(3)4)8-18(25)30/h5-7,19-20,26H,8H2,1-4H3,(H2,25,30)(H,31,32). The van der Waals surface area contributed by atoms with E-state index >= 15 is 0 Å². The van der Waals surface area contributed by atoms with Gasteiger partial charge in [-0.1, -0.05) is 6.07 Å². The van der Waals surface area contributed by atoms with E-state index in [9.17, 15) is 25.2 Å². The Morgan fingerprint density at radius 1 is 1.25 bits per heavy atom. The van der Waals surface area contributed by atoms with Gasteiger partial charge in [-0.3, -0.25) is 9.69 Å². The molecule has 2 aromatic rings. The Hall–Kier alpha value is -4.15. The molecule has 10 heteroatoms. The summed E-state index contributed by atoms with van der Waals surface area (Å²) in [6, 6.07) is 9.42. The van der Waals surface area contributed by atoms with Crippen LogP contribution in [-0.2, 0) is 4.79 Å². The van der Waals surface area contributed by atoms with E-state index in [2.05, 4.69) is 22.6 Å². The number of benzene rings is 1. The van der Waals surface area contributed by atoms with Crippen LogP contribution in [0.5, 0.6) is 0 Å². The third-order valence-electron chi connectivity index (χ3n) is 5.53. The number of carbonyl (C=O) groups excluding carboxylic acids is 1. The normalized spacial score (nSPS) is 15.5. The van der Waals surface area contributed by atoms with Crippen molar-refractivity contribution in [3.05, 3.63) is 52.0 Å². The van der Waals surface area contributed by atoms with Crippen LogP contribution >= 0.6 is 0 Å². The van der Waals surface area contributed by atoms with Crippen molar-refractivity contribution < 1.29 is 14.7 Å². The van der Waals surface area contributed by atoms with Gasteiger partial charge in [0, 0.05) is 16.8 Å². The van der Waals surface area contributed by atoms with E-state index < -0.39 is 24.0 Å². The Morgan fingerprint density at radius 3 is 2.31 bits per heavy atom. The number of carboxylic acid groups (broad SMARTS) is 1. The van der Waals surface area contributed by atoms with E-state index in [0.29, 0.717) is 39.0 Å². The number of rotatable bonds is 6. The second-order valence-corrected chi connectivity index (χ2v) is 7.85. The minimum Gasteiger partial charge on any atom is -0.476 e. The number of primary amides is 1. The molecule has 0 aliphatic carbocycles. The molecule has 0 saturated carbocycles. The van der Waals surface area contributed by atoms with Crippen LogP contribution in [-0.4, -0.2) is 45.8 Å². The molecule has 164 valence electrons. The second-order valence-electron chi connectivity index (χ2n) is 7.85. The molecule has 1 aliphatic heterocycles. The minimum absolute atomic E-state index is 0.0556. The summed E-state index contributed by atoms with van der Waals surface area (Å²) in [7, 11) is 3.48. The molecule has 1 aromatic heterocycles. The van der Waals surface area contributed by atoms with Crippen molar-refractivity contribution in [2.75, 3.05) is 14.1 Å². The quantitative estimate of drug-likeness (QED) is 0.623. The van der Waals surface area contributed by atoms with Gasteiger partial charge in [0.2, 0.25) is 5.91 Å². The summed E-state index contributed by atoms with van der Waals surface area (Å²) in [6.07, 6.45) is -0.638. The maximum atomic E-state index is 12.0. The highest BCUT2D eigenvalue weighted by atomic mass is 16.4. The number of amides is 1. The molecule has 1 aliphatic rings. The van der Waals surface area contributed by atoms with Crippen LogP contribution in [0.1, 0.15) is 48.4 Å². The van der Waals surface area contributed by atoms with E-state index in [1.54, 1.807) is 51.0 Å². The molecule has 0 saturated heterocycles. The third-order valence-corrected chi connectivity index (χ3v) is 5.53. The van der Waals surface area contributed by atoms with Gasteiger partial charge in [0.1, 0.15) is 6.17 Å². The van der Waals surface area contributed by atoms with Gasteiger partial charge in [-0.25, -0.2) is 9.48 Å². The van der Waals surface area contributed by atoms with E-state index in [0.717, 1.165) is 0 Å². The molecule has 4 N–H and O–H groups in total. The lowest BCUT2D eigenvalue weighted by atomic mass is 9.81. The van der Waals surface area contributed by atoms with Crippen molar-refractivity contribution in [3.63, 3.8) is 0 Å². The number of carbonyl (C=O) groups is 2. The predicted molar refractivity (Wildman–Crippen MR) is 116 cm³/mol. The summed E-state index contributed by atoms with van der Waals surface area (Å²) in [5.41, 5.74) is 8.34. The molecular formula is C22H23N7O3. The summed E-state index contributed by atoms with van der Waals surface area (Å²) in [4.78, 5) is 25.3. The Kier molecular flexibility index (Phi) is 6.01. The maximum absolute atomic E-state index is 12.0. The largest absolute Gasteiger partial charge is 0.476 e. The number of hydrogen-bond donors (Lipinski definition) is 3. The number of fused-ring (bicyclic) bond motifs is 1. The van der Waals surface area contributed by atoms with Crippen LogP contribution in [0.2, 0.25) is 0 Å². The number of nitrogens with two attached hydrogens (primary N) is 1. The number of hydrogen-bond acceptors (Lipinski definition) is 7. The van der Waals surface area contributed by atoms with E-state index in [-0.39, 0.29) is 12.1 Å². The fourth-order valence-electron chi connectivity index (χ4n) is 4.01. The van der Waals surface area contributed by atoms with Crippen LogP contribution in [0.15, 0.2) is 40.7 Å². The van der Waals surface area contributed by atoms with Gasteiger partial charge >= 0.3 is 5.97 Å². The summed E-state index contributed by atoms with van der Waals surface area (Å²) in [5, 5.41) is 36.9. The fraction of sp³-hybridized carbons (Fsp3) is 0.318. The third kappa shape index (κ3) is 3.80. The fourth-order valence-corrected chi connectivity index (χ4v) is 4.01. The van der Waals surface area contributed by atoms with Gasteiger partial charge in [0.05, 0.1) is 41.1 Å². The van der Waals surface area contributed by atoms with Gasteiger partial charge in [0.15, 0.2) is 5.69 Å². The topological polar surface area (TPSA) is 161 Å². The number of nitrogens with one attached hydrogen (secondary N) is 1. The molecule has 2 heterocycles. The van der Waals surface area contributed by atoms with Crippen molar-refractivity contribution in [2.45, 2.75) is 32.4 Å². The average molecular weight is 433 g/mol. The molecule has 32 heavy (non-hydrogen) atoms. The number of nitriles is 2. The summed E-state index contributed by atoms with van der Waals surface area (Å²) < 4.78 is 1.47. The molecule has 10 nitrogen and oxygen atoms in total. The number of carboxylic acids is 1. The van der Waals surface area contributed by atoms with Crippen molar-refractivity contribution in [3.8, 4) is 12.1 Å². The lowest BCUT2D eigenvalue weighted by molar-refractivity contribution is -0.119. The van der Waals surface area contributed by atoms with E-state index in [4.69, 9.17) is 5.73 Å². The summed E-state index contributed by atoms with van der Waals surface area (Å²) >= 11 is 0. The van der Waals surface area contributed by atoms with Gasteiger partial charge in [-0.05, 0) is 45.6 Å². The van der Waals surface area contributed by atoms with Crippen LogP contribution in [0.25, 0.3) is 10.9 Å². The number of nitrogens with zero attached hydrogens (tertiary/aromatic N) is 5. The van der Waals surface area contributed by atoms with Crippen LogP contribution in [0.4, 0.5) is 0 Å². The Morgan fingerprint density at radius 2 is 1.84 bits per heavy atom. The van der Waals surface area contributed by atoms with Crippen molar-refractivity contribution in [1.29, 1.82) is 10.5 Å². The van der Waals surface area contributed by atoms with Gasteiger partial charge < -0.3 is 16.2 Å². The van der Waals surface area contributed by atoms with Crippen LogP contribution < -0.4 is 11.1 Å². The van der Waals surface area contributed by atoms with Gasteiger partial charge in [0.25, 0.3) is 0 Å². The van der Waals surface area contributed by atoms with Crippen molar-refractivity contribution in [2.24, 2.45) is 5.73 Å². The van der Waals surface area contributed by atoms with Crippen LogP contribution in [0, 0.1) is 22.7 Å². The average Bonchev–Trinajstić information content (AvgIpc) is 3.10.